The van der Waals surface area contributed by atoms with Gasteiger partial charge >= 0.3 is 0 Å². The molecule has 0 spiro atoms. The Labute approximate surface area is 132 Å². The number of nitrogens with zero attached hydrogens (tertiary/aromatic N) is 4. The maximum atomic E-state index is 11.7. The van der Waals surface area contributed by atoms with Crippen molar-refractivity contribution in [1.29, 1.82) is 0 Å². The molecule has 1 aromatic heterocycles. The molecule has 2 heterocycles. The minimum atomic E-state index is -3.13. The van der Waals surface area contributed by atoms with E-state index in [0.717, 1.165) is 37.4 Å². The van der Waals surface area contributed by atoms with Crippen molar-refractivity contribution < 1.29 is 8.42 Å². The van der Waals surface area contributed by atoms with E-state index in [4.69, 9.17) is 0 Å². The molecule has 0 radical (unpaired) electrons. The largest absolute Gasteiger partial charge is 0.368 e. The van der Waals surface area contributed by atoms with Gasteiger partial charge in [0.1, 0.15) is 5.82 Å². The highest BCUT2D eigenvalue weighted by Gasteiger charge is 2.27. The molecular formula is C14H25N5O2S. The molecule has 1 aliphatic heterocycles. The van der Waals surface area contributed by atoms with Crippen molar-refractivity contribution in [3.8, 4) is 0 Å². The monoisotopic (exact) mass is 327 g/mol. The Balaban J connectivity index is 1.95. The van der Waals surface area contributed by atoms with E-state index in [0.29, 0.717) is 13.1 Å². The van der Waals surface area contributed by atoms with Gasteiger partial charge < -0.3 is 10.2 Å². The number of hydrogen-bond donors (Lipinski definition) is 1. The van der Waals surface area contributed by atoms with Gasteiger partial charge in [-0.25, -0.2) is 17.7 Å². The van der Waals surface area contributed by atoms with E-state index < -0.39 is 10.0 Å². The predicted octanol–water partition coefficient (Wildman–Crippen LogP) is 0.589. The molecule has 1 N–H and O–H groups in total. The van der Waals surface area contributed by atoms with Crippen LogP contribution in [-0.2, 0) is 10.0 Å². The molecule has 1 aliphatic rings. The van der Waals surface area contributed by atoms with Crippen LogP contribution in [0.5, 0.6) is 0 Å². The van der Waals surface area contributed by atoms with E-state index in [2.05, 4.69) is 20.2 Å². The fraction of sp³-hybridized carbons (Fsp3) is 0.714. The third kappa shape index (κ3) is 4.89. The van der Waals surface area contributed by atoms with Crippen molar-refractivity contribution in [3.05, 3.63) is 18.1 Å². The van der Waals surface area contributed by atoms with E-state index in [1.165, 1.54) is 10.6 Å². The predicted molar refractivity (Wildman–Crippen MR) is 87.5 cm³/mol. The molecular weight excluding hydrogens is 302 g/mol. The molecule has 0 amide bonds. The van der Waals surface area contributed by atoms with Gasteiger partial charge in [0, 0.05) is 32.1 Å². The van der Waals surface area contributed by atoms with Crippen molar-refractivity contribution in [1.82, 2.24) is 19.2 Å². The fourth-order valence-corrected chi connectivity index (χ4v) is 3.44. The van der Waals surface area contributed by atoms with Gasteiger partial charge in [-0.05, 0) is 26.9 Å². The lowest BCUT2D eigenvalue weighted by Gasteiger charge is -2.30. The first-order valence-corrected chi connectivity index (χ1v) is 9.37. The van der Waals surface area contributed by atoms with E-state index in [9.17, 15) is 8.42 Å². The Morgan fingerprint density at radius 3 is 2.73 bits per heavy atom. The Morgan fingerprint density at radius 2 is 2.14 bits per heavy atom. The van der Waals surface area contributed by atoms with Gasteiger partial charge in [-0.2, -0.15) is 0 Å². The highest BCUT2D eigenvalue weighted by atomic mass is 32.2. The zero-order chi connectivity index (χ0) is 16.2. The number of sulfonamides is 1. The van der Waals surface area contributed by atoms with Gasteiger partial charge in [0.15, 0.2) is 0 Å². The molecule has 1 fully saturated rings. The SMILES string of the molecule is CN(C)CCNc1cnc([C@@H]2CCCN(S(C)(=O)=O)C2)cn1. The van der Waals surface area contributed by atoms with Crippen LogP contribution in [0.3, 0.4) is 0 Å². The average Bonchev–Trinajstić information content (AvgIpc) is 2.47. The first-order valence-electron chi connectivity index (χ1n) is 7.52. The molecule has 1 atom stereocenters. The smallest absolute Gasteiger partial charge is 0.211 e. The topological polar surface area (TPSA) is 78.4 Å². The summed E-state index contributed by atoms with van der Waals surface area (Å²) in [5.74, 6) is 0.883. The summed E-state index contributed by atoms with van der Waals surface area (Å²) in [7, 11) is 0.915. The van der Waals surface area contributed by atoms with Crippen LogP contribution in [-0.4, -0.2) is 74.1 Å². The molecule has 7 nitrogen and oxygen atoms in total. The van der Waals surface area contributed by atoms with Crippen LogP contribution in [0.25, 0.3) is 0 Å². The fourth-order valence-electron chi connectivity index (χ4n) is 2.53. The number of nitrogens with one attached hydrogen (secondary N) is 1. The summed E-state index contributed by atoms with van der Waals surface area (Å²) in [4.78, 5) is 10.9. The average molecular weight is 327 g/mol. The van der Waals surface area contributed by atoms with Crippen LogP contribution in [0.15, 0.2) is 12.4 Å². The maximum absolute atomic E-state index is 11.7. The number of aromatic nitrogens is 2. The van der Waals surface area contributed by atoms with Crippen LogP contribution in [0.2, 0.25) is 0 Å². The van der Waals surface area contributed by atoms with Crippen molar-refractivity contribution >= 4 is 15.8 Å². The van der Waals surface area contributed by atoms with E-state index in [1.54, 1.807) is 12.4 Å². The number of rotatable bonds is 6. The van der Waals surface area contributed by atoms with E-state index in [1.807, 2.05) is 14.1 Å². The van der Waals surface area contributed by atoms with Crippen LogP contribution >= 0.6 is 0 Å². The van der Waals surface area contributed by atoms with Crippen LogP contribution in [0.4, 0.5) is 5.82 Å². The van der Waals surface area contributed by atoms with E-state index in [-0.39, 0.29) is 5.92 Å². The first kappa shape index (κ1) is 17.1. The van der Waals surface area contributed by atoms with Crippen molar-refractivity contribution in [2.24, 2.45) is 0 Å². The molecule has 0 unspecified atom stereocenters. The molecule has 22 heavy (non-hydrogen) atoms. The molecule has 124 valence electrons. The summed E-state index contributed by atoms with van der Waals surface area (Å²) in [6.45, 7) is 2.84. The summed E-state index contributed by atoms with van der Waals surface area (Å²) in [5.41, 5.74) is 0.867. The van der Waals surface area contributed by atoms with Crippen molar-refractivity contribution in [2.75, 3.05) is 51.8 Å². The Bertz CT molecular complexity index is 573. The van der Waals surface area contributed by atoms with Gasteiger partial charge in [-0.15, -0.1) is 0 Å². The maximum Gasteiger partial charge on any atom is 0.211 e. The van der Waals surface area contributed by atoms with Gasteiger partial charge in [-0.1, -0.05) is 0 Å². The zero-order valence-corrected chi connectivity index (χ0v) is 14.3. The van der Waals surface area contributed by atoms with Gasteiger partial charge in [0.05, 0.1) is 24.3 Å². The molecule has 8 heteroatoms. The lowest BCUT2D eigenvalue weighted by Crippen LogP contribution is -2.38. The molecule has 0 aromatic carbocycles. The van der Waals surface area contributed by atoms with Gasteiger partial charge in [0.25, 0.3) is 0 Å². The first-order chi connectivity index (χ1) is 10.4. The van der Waals surface area contributed by atoms with Crippen molar-refractivity contribution in [3.63, 3.8) is 0 Å². The number of piperidine rings is 1. The van der Waals surface area contributed by atoms with E-state index >= 15 is 0 Å². The van der Waals surface area contributed by atoms with Crippen LogP contribution < -0.4 is 5.32 Å². The Morgan fingerprint density at radius 1 is 1.36 bits per heavy atom. The molecule has 2 rings (SSSR count). The second-order valence-corrected chi connectivity index (χ2v) is 8.00. The highest BCUT2D eigenvalue weighted by Crippen LogP contribution is 2.26. The Hall–Kier alpha value is -1.25. The lowest BCUT2D eigenvalue weighted by atomic mass is 9.96. The summed E-state index contributed by atoms with van der Waals surface area (Å²) < 4.78 is 24.9. The summed E-state index contributed by atoms with van der Waals surface area (Å²) >= 11 is 0. The molecule has 0 bridgehead atoms. The minimum Gasteiger partial charge on any atom is -0.368 e. The van der Waals surface area contributed by atoms with Crippen LogP contribution in [0.1, 0.15) is 24.5 Å². The number of likely N-dealkylation sites (N-methyl/N-ethyl adjacent to an activating group) is 1. The second-order valence-electron chi connectivity index (χ2n) is 6.02. The second kappa shape index (κ2) is 7.34. The molecule has 1 aromatic rings. The van der Waals surface area contributed by atoms with Crippen LogP contribution in [0, 0.1) is 0 Å². The summed E-state index contributed by atoms with van der Waals surface area (Å²) in [5, 5.41) is 3.22. The standard InChI is InChI=1S/C14H25N5O2S/c1-18(2)8-6-15-14-10-16-13(9-17-14)12-5-4-7-19(11-12)22(3,20)21/h9-10,12H,4-8,11H2,1-3H3,(H,15,17)/t12-/m1/s1. The molecule has 0 saturated carbocycles. The number of anilines is 1. The summed E-state index contributed by atoms with van der Waals surface area (Å²) in [6.07, 6.45) is 6.56. The minimum absolute atomic E-state index is 0.131. The lowest BCUT2D eigenvalue weighted by molar-refractivity contribution is 0.314. The van der Waals surface area contributed by atoms with Gasteiger partial charge in [0.2, 0.25) is 10.0 Å². The number of hydrogen-bond acceptors (Lipinski definition) is 6. The zero-order valence-electron chi connectivity index (χ0n) is 13.5. The third-order valence-electron chi connectivity index (χ3n) is 3.81. The summed E-state index contributed by atoms with van der Waals surface area (Å²) in [6, 6.07) is 0. The Kier molecular flexibility index (Phi) is 5.71. The van der Waals surface area contributed by atoms with Crippen molar-refractivity contribution in [2.45, 2.75) is 18.8 Å². The van der Waals surface area contributed by atoms with Gasteiger partial charge in [-0.3, -0.25) is 4.98 Å². The molecule has 1 saturated heterocycles. The molecule has 0 aliphatic carbocycles. The third-order valence-corrected chi connectivity index (χ3v) is 5.08. The normalized spacial score (nSPS) is 20.3. The highest BCUT2D eigenvalue weighted by molar-refractivity contribution is 7.88. The quantitative estimate of drug-likeness (QED) is 0.824.